The molecule has 1 saturated heterocycles. The third-order valence-electron chi connectivity index (χ3n) is 3.38. The second-order valence-corrected chi connectivity index (χ2v) is 5.49. The van der Waals surface area contributed by atoms with Crippen molar-refractivity contribution in [2.45, 2.75) is 38.8 Å². The third-order valence-corrected chi connectivity index (χ3v) is 3.38. The van der Waals surface area contributed by atoms with E-state index < -0.39 is 0 Å². The van der Waals surface area contributed by atoms with Crippen molar-refractivity contribution in [2.24, 2.45) is 5.73 Å². The van der Waals surface area contributed by atoms with Crippen molar-refractivity contribution in [3.05, 3.63) is 24.0 Å². The van der Waals surface area contributed by atoms with Crippen molar-refractivity contribution in [1.29, 1.82) is 0 Å². The van der Waals surface area contributed by atoms with Crippen molar-refractivity contribution in [3.63, 3.8) is 0 Å². The quantitative estimate of drug-likeness (QED) is 0.891. The van der Waals surface area contributed by atoms with Crippen LogP contribution < -0.4 is 10.6 Å². The van der Waals surface area contributed by atoms with Crippen LogP contribution in [0.5, 0.6) is 0 Å². The first-order valence-corrected chi connectivity index (χ1v) is 6.62. The molecule has 100 valence electrons. The first-order chi connectivity index (χ1) is 8.52. The minimum absolute atomic E-state index is 0.0418. The summed E-state index contributed by atoms with van der Waals surface area (Å²) in [6, 6.07) is 4.19. The highest BCUT2D eigenvalue weighted by Crippen LogP contribution is 2.23. The molecular weight excluding hydrogens is 226 g/mol. The van der Waals surface area contributed by atoms with Crippen molar-refractivity contribution < 1.29 is 4.74 Å². The molecule has 1 aliphatic rings. The standard InChI is InChI=1S/C14H23N3O/c1-4-12(15)13-6-5-11(9-16-13)17-7-8-18-14(2,3)10-17/h5-6,9,12H,4,7-8,10,15H2,1-3H3/t12-/m0/s1. The Labute approximate surface area is 109 Å². The molecule has 1 aromatic heterocycles. The summed E-state index contributed by atoms with van der Waals surface area (Å²) in [6.45, 7) is 8.90. The lowest BCUT2D eigenvalue weighted by Gasteiger charge is -2.39. The van der Waals surface area contributed by atoms with Crippen LogP contribution in [0.25, 0.3) is 0 Å². The number of morpholine rings is 1. The molecule has 2 N–H and O–H groups in total. The van der Waals surface area contributed by atoms with Crippen LogP contribution in [0.1, 0.15) is 38.9 Å². The molecule has 0 bridgehead atoms. The normalized spacial score (nSPS) is 20.8. The Hall–Kier alpha value is -1.13. The van der Waals surface area contributed by atoms with E-state index in [2.05, 4.69) is 36.7 Å². The molecule has 1 aromatic rings. The average Bonchev–Trinajstić information content (AvgIpc) is 2.37. The van der Waals surface area contributed by atoms with Gasteiger partial charge >= 0.3 is 0 Å². The summed E-state index contributed by atoms with van der Waals surface area (Å²) in [7, 11) is 0. The summed E-state index contributed by atoms with van der Waals surface area (Å²) in [4.78, 5) is 6.78. The maximum Gasteiger partial charge on any atom is 0.0801 e. The highest BCUT2D eigenvalue weighted by molar-refractivity contribution is 5.45. The number of hydrogen-bond donors (Lipinski definition) is 1. The van der Waals surface area contributed by atoms with Crippen molar-refractivity contribution in [2.75, 3.05) is 24.6 Å². The summed E-state index contributed by atoms with van der Waals surface area (Å²) in [5.41, 5.74) is 8.00. The molecular formula is C14H23N3O. The van der Waals surface area contributed by atoms with Gasteiger partial charge in [-0.1, -0.05) is 6.92 Å². The molecule has 0 amide bonds. The predicted octanol–water partition coefficient (Wildman–Crippen LogP) is 2.11. The van der Waals surface area contributed by atoms with Gasteiger partial charge in [-0.15, -0.1) is 0 Å². The van der Waals surface area contributed by atoms with Gasteiger partial charge in [0.15, 0.2) is 0 Å². The lowest BCUT2D eigenvalue weighted by molar-refractivity contribution is -0.0277. The predicted molar refractivity (Wildman–Crippen MR) is 73.7 cm³/mol. The van der Waals surface area contributed by atoms with E-state index in [-0.39, 0.29) is 11.6 Å². The molecule has 1 fully saturated rings. The minimum atomic E-state index is -0.0866. The zero-order valence-corrected chi connectivity index (χ0v) is 11.5. The monoisotopic (exact) mass is 249 g/mol. The van der Waals surface area contributed by atoms with E-state index in [1.165, 1.54) is 0 Å². The number of nitrogens with zero attached hydrogens (tertiary/aromatic N) is 2. The zero-order chi connectivity index (χ0) is 13.2. The largest absolute Gasteiger partial charge is 0.372 e. The Morgan fingerprint density at radius 2 is 2.28 bits per heavy atom. The van der Waals surface area contributed by atoms with E-state index in [0.29, 0.717) is 0 Å². The van der Waals surface area contributed by atoms with Crippen molar-refractivity contribution in [3.8, 4) is 0 Å². The lowest BCUT2D eigenvalue weighted by atomic mass is 10.1. The maximum absolute atomic E-state index is 5.97. The van der Waals surface area contributed by atoms with Gasteiger partial charge in [-0.2, -0.15) is 0 Å². The summed E-state index contributed by atoms with van der Waals surface area (Å²) in [5, 5.41) is 0. The Kier molecular flexibility index (Phi) is 3.88. The molecule has 0 radical (unpaired) electrons. The fourth-order valence-electron chi connectivity index (χ4n) is 2.25. The first-order valence-electron chi connectivity index (χ1n) is 6.62. The van der Waals surface area contributed by atoms with Gasteiger partial charge in [0.1, 0.15) is 0 Å². The van der Waals surface area contributed by atoms with Gasteiger partial charge in [0.2, 0.25) is 0 Å². The molecule has 0 spiro atoms. The van der Waals surface area contributed by atoms with E-state index in [9.17, 15) is 0 Å². The van der Waals surface area contributed by atoms with Crippen LogP contribution in [0.15, 0.2) is 18.3 Å². The Morgan fingerprint density at radius 3 is 2.83 bits per heavy atom. The van der Waals surface area contributed by atoms with Gasteiger partial charge in [-0.3, -0.25) is 4.98 Å². The van der Waals surface area contributed by atoms with Crippen LogP contribution in [0.2, 0.25) is 0 Å². The van der Waals surface area contributed by atoms with Crippen LogP contribution in [0.3, 0.4) is 0 Å². The highest BCUT2D eigenvalue weighted by Gasteiger charge is 2.27. The van der Waals surface area contributed by atoms with E-state index >= 15 is 0 Å². The summed E-state index contributed by atoms with van der Waals surface area (Å²) in [6.07, 6.45) is 2.84. The molecule has 0 saturated carbocycles. The molecule has 2 rings (SSSR count). The Bertz CT molecular complexity index is 389. The molecule has 18 heavy (non-hydrogen) atoms. The first kappa shape index (κ1) is 13.3. The summed E-state index contributed by atoms with van der Waals surface area (Å²) >= 11 is 0. The summed E-state index contributed by atoms with van der Waals surface area (Å²) in [5.74, 6) is 0. The Morgan fingerprint density at radius 1 is 1.50 bits per heavy atom. The topological polar surface area (TPSA) is 51.4 Å². The van der Waals surface area contributed by atoms with Crippen LogP contribution in [0.4, 0.5) is 5.69 Å². The number of pyridine rings is 1. The number of hydrogen-bond acceptors (Lipinski definition) is 4. The fraction of sp³-hybridized carbons (Fsp3) is 0.643. The SMILES string of the molecule is CC[C@H](N)c1ccc(N2CCOC(C)(C)C2)cn1. The van der Waals surface area contributed by atoms with Gasteiger partial charge in [0.05, 0.1) is 29.8 Å². The number of aromatic nitrogens is 1. The van der Waals surface area contributed by atoms with E-state index in [4.69, 9.17) is 10.5 Å². The number of rotatable bonds is 3. The van der Waals surface area contributed by atoms with Gasteiger partial charge in [0.25, 0.3) is 0 Å². The van der Waals surface area contributed by atoms with E-state index in [0.717, 1.165) is 37.5 Å². The minimum Gasteiger partial charge on any atom is -0.372 e. The highest BCUT2D eigenvalue weighted by atomic mass is 16.5. The van der Waals surface area contributed by atoms with Gasteiger partial charge in [-0.05, 0) is 32.4 Å². The van der Waals surface area contributed by atoms with Crippen molar-refractivity contribution in [1.82, 2.24) is 4.98 Å². The molecule has 1 atom stereocenters. The molecule has 0 aromatic carbocycles. The number of ether oxygens (including phenoxy) is 1. The molecule has 1 aliphatic heterocycles. The smallest absolute Gasteiger partial charge is 0.0801 e. The van der Waals surface area contributed by atoms with E-state index in [1.54, 1.807) is 0 Å². The van der Waals surface area contributed by atoms with Gasteiger partial charge in [0, 0.05) is 19.1 Å². The van der Waals surface area contributed by atoms with Crippen molar-refractivity contribution >= 4 is 5.69 Å². The molecule has 0 aliphatic carbocycles. The van der Waals surface area contributed by atoms with Gasteiger partial charge < -0.3 is 15.4 Å². The third kappa shape index (κ3) is 3.00. The zero-order valence-electron chi connectivity index (χ0n) is 11.5. The second kappa shape index (κ2) is 5.24. The van der Waals surface area contributed by atoms with Crippen LogP contribution in [-0.4, -0.2) is 30.3 Å². The van der Waals surface area contributed by atoms with E-state index in [1.807, 2.05) is 12.3 Å². The fourth-order valence-corrected chi connectivity index (χ4v) is 2.25. The lowest BCUT2D eigenvalue weighted by Crippen LogP contribution is -2.48. The maximum atomic E-state index is 5.97. The Balaban J connectivity index is 2.09. The second-order valence-electron chi connectivity index (χ2n) is 5.49. The van der Waals surface area contributed by atoms with Crippen LogP contribution in [0, 0.1) is 0 Å². The van der Waals surface area contributed by atoms with Crippen LogP contribution in [-0.2, 0) is 4.74 Å². The molecule has 2 heterocycles. The van der Waals surface area contributed by atoms with Crippen LogP contribution >= 0.6 is 0 Å². The number of nitrogens with two attached hydrogens (primary N) is 1. The number of anilines is 1. The molecule has 4 heteroatoms. The summed E-state index contributed by atoms with van der Waals surface area (Å²) < 4.78 is 5.71. The van der Waals surface area contributed by atoms with Gasteiger partial charge in [-0.25, -0.2) is 0 Å². The molecule has 0 unspecified atom stereocenters. The average molecular weight is 249 g/mol. The molecule has 4 nitrogen and oxygen atoms in total.